The van der Waals surface area contributed by atoms with Gasteiger partial charge in [-0.15, -0.1) is 0 Å². The molecule has 0 radical (unpaired) electrons. The van der Waals surface area contributed by atoms with Crippen LogP contribution in [-0.2, 0) is 25.3 Å². The van der Waals surface area contributed by atoms with Gasteiger partial charge in [0.15, 0.2) is 5.65 Å². The van der Waals surface area contributed by atoms with Crippen LogP contribution in [0.4, 0.5) is 17.1 Å². The molecule has 140 valence electrons. The Kier molecular flexibility index (Phi) is 4.81. The lowest BCUT2D eigenvalue weighted by molar-refractivity contribution is -0.114. The van der Waals surface area contributed by atoms with Gasteiger partial charge in [-0.05, 0) is 36.2 Å². The predicted octanol–water partition coefficient (Wildman–Crippen LogP) is 1.90. The van der Waals surface area contributed by atoms with Crippen LogP contribution in [0.1, 0.15) is 19.4 Å². The lowest BCUT2D eigenvalue weighted by Gasteiger charge is -2.16. The number of pyridine rings is 1. The highest BCUT2D eigenvalue weighted by Gasteiger charge is 2.16. The number of aryl methyl sites for hydroxylation is 2. The molecule has 3 rings (SSSR count). The summed E-state index contributed by atoms with van der Waals surface area (Å²) >= 11 is 0. The molecule has 0 aliphatic heterocycles. The summed E-state index contributed by atoms with van der Waals surface area (Å²) < 4.78 is 2.44. The maximum absolute atomic E-state index is 12.8. The predicted molar refractivity (Wildman–Crippen MR) is 106 cm³/mol. The summed E-state index contributed by atoms with van der Waals surface area (Å²) in [4.78, 5) is 40.4. The quantitative estimate of drug-likeness (QED) is 0.734. The van der Waals surface area contributed by atoms with Crippen LogP contribution < -0.4 is 21.9 Å². The molecule has 1 amide bonds. The van der Waals surface area contributed by atoms with Crippen molar-refractivity contribution in [2.75, 3.05) is 10.6 Å². The van der Waals surface area contributed by atoms with Gasteiger partial charge in [0.2, 0.25) is 5.91 Å². The van der Waals surface area contributed by atoms with E-state index in [2.05, 4.69) is 15.6 Å². The van der Waals surface area contributed by atoms with Gasteiger partial charge in [-0.1, -0.05) is 6.92 Å². The highest BCUT2D eigenvalue weighted by atomic mass is 16.2. The Morgan fingerprint density at radius 1 is 1.07 bits per heavy atom. The fraction of sp³-hybridized carbons (Fsp3) is 0.263. The molecule has 0 saturated heterocycles. The number of nitrogens with one attached hydrogen (secondary N) is 2. The Hall–Kier alpha value is -3.42. The van der Waals surface area contributed by atoms with Crippen LogP contribution in [0.2, 0.25) is 0 Å². The fourth-order valence-corrected chi connectivity index (χ4v) is 2.96. The third kappa shape index (κ3) is 3.33. The molecule has 2 heterocycles. The van der Waals surface area contributed by atoms with E-state index < -0.39 is 11.2 Å². The molecular formula is C19H21N5O3. The summed E-state index contributed by atoms with van der Waals surface area (Å²) in [5, 5.41) is 6.36. The highest BCUT2D eigenvalue weighted by molar-refractivity contribution is 5.93. The molecule has 2 N–H and O–H groups in total. The lowest BCUT2D eigenvalue weighted by Crippen LogP contribution is -2.37. The van der Waals surface area contributed by atoms with E-state index in [4.69, 9.17) is 0 Å². The monoisotopic (exact) mass is 367 g/mol. The van der Waals surface area contributed by atoms with Crippen LogP contribution in [0, 0.1) is 0 Å². The van der Waals surface area contributed by atoms with Crippen LogP contribution in [0.25, 0.3) is 11.0 Å². The van der Waals surface area contributed by atoms with Crippen LogP contribution in [-0.4, -0.2) is 20.0 Å². The number of nitrogens with zero attached hydrogens (tertiary/aromatic N) is 3. The molecule has 0 aliphatic rings. The molecule has 0 bridgehead atoms. The van der Waals surface area contributed by atoms with E-state index >= 15 is 0 Å². The van der Waals surface area contributed by atoms with Gasteiger partial charge in [0.1, 0.15) is 5.39 Å². The van der Waals surface area contributed by atoms with Gasteiger partial charge < -0.3 is 10.6 Å². The molecule has 3 aromatic rings. The number of amides is 1. The largest absolute Gasteiger partial charge is 0.354 e. The van der Waals surface area contributed by atoms with Crippen molar-refractivity contribution in [3.8, 4) is 0 Å². The van der Waals surface area contributed by atoms with Crippen LogP contribution >= 0.6 is 0 Å². The Bertz CT molecular complexity index is 1140. The molecule has 0 atom stereocenters. The number of benzene rings is 1. The number of fused-ring (bicyclic) bond motifs is 1. The molecule has 1 aromatic carbocycles. The second kappa shape index (κ2) is 7.06. The minimum Gasteiger partial charge on any atom is -0.354 e. The number of rotatable bonds is 4. The first-order valence-corrected chi connectivity index (χ1v) is 8.55. The van der Waals surface area contributed by atoms with E-state index in [9.17, 15) is 14.4 Å². The number of hydrogen-bond acceptors (Lipinski definition) is 5. The molecule has 2 aromatic heterocycles. The standard InChI is InChI=1S/C19H21N5O3/c1-5-12-10-20-17-15(18(26)24(4)19(27)23(17)3)16(12)22-14-8-6-13(7-9-14)21-11(2)25/h6-10H,5H2,1-4H3,(H,20,22)(H,21,25). The molecular weight excluding hydrogens is 346 g/mol. The lowest BCUT2D eigenvalue weighted by atomic mass is 10.1. The summed E-state index contributed by atoms with van der Waals surface area (Å²) in [5.41, 5.74) is 2.44. The SMILES string of the molecule is CCc1cnc2c(c1Nc1ccc(NC(C)=O)cc1)c(=O)n(C)c(=O)n2C. The van der Waals surface area contributed by atoms with E-state index in [-0.39, 0.29) is 5.91 Å². The molecule has 8 nitrogen and oxygen atoms in total. The highest BCUT2D eigenvalue weighted by Crippen LogP contribution is 2.27. The first kappa shape index (κ1) is 18.4. The first-order chi connectivity index (χ1) is 12.8. The number of carbonyl (C=O) groups excluding carboxylic acids is 1. The smallest absolute Gasteiger partial charge is 0.332 e. The van der Waals surface area contributed by atoms with Gasteiger partial charge in [0, 0.05) is 38.6 Å². The van der Waals surface area contributed by atoms with E-state index in [0.29, 0.717) is 28.8 Å². The maximum atomic E-state index is 12.8. The average molecular weight is 367 g/mol. The molecule has 27 heavy (non-hydrogen) atoms. The first-order valence-electron chi connectivity index (χ1n) is 8.55. The summed E-state index contributed by atoms with van der Waals surface area (Å²) in [7, 11) is 3.05. The number of anilines is 3. The Morgan fingerprint density at radius 2 is 1.70 bits per heavy atom. The summed E-state index contributed by atoms with van der Waals surface area (Å²) in [6, 6.07) is 7.16. The minimum atomic E-state index is -0.421. The van der Waals surface area contributed by atoms with Crippen LogP contribution in [0.15, 0.2) is 40.1 Å². The van der Waals surface area contributed by atoms with E-state index in [0.717, 1.165) is 15.8 Å². The molecule has 8 heteroatoms. The van der Waals surface area contributed by atoms with E-state index in [1.165, 1.54) is 18.5 Å². The zero-order valence-corrected chi connectivity index (χ0v) is 15.7. The van der Waals surface area contributed by atoms with Crippen LogP contribution in [0.5, 0.6) is 0 Å². The van der Waals surface area contributed by atoms with Crippen molar-refractivity contribution < 1.29 is 4.79 Å². The van der Waals surface area contributed by atoms with Crippen LogP contribution in [0.3, 0.4) is 0 Å². The van der Waals surface area contributed by atoms with Crippen molar-refractivity contribution in [2.45, 2.75) is 20.3 Å². The molecule has 0 unspecified atom stereocenters. The summed E-state index contributed by atoms with van der Waals surface area (Å²) in [6.45, 7) is 3.42. The Labute approximate surface area is 155 Å². The second-order valence-electron chi connectivity index (χ2n) is 6.30. The molecule has 0 fully saturated rings. The normalized spacial score (nSPS) is 10.8. The molecule has 0 spiro atoms. The topological polar surface area (TPSA) is 98.0 Å². The van der Waals surface area contributed by atoms with Crippen molar-refractivity contribution in [1.82, 2.24) is 14.1 Å². The summed E-state index contributed by atoms with van der Waals surface area (Å²) in [6.07, 6.45) is 2.34. The zero-order valence-electron chi connectivity index (χ0n) is 15.7. The van der Waals surface area contributed by atoms with Crippen molar-refractivity contribution in [1.29, 1.82) is 0 Å². The Balaban J connectivity index is 2.17. The molecule has 0 aliphatic carbocycles. The fourth-order valence-electron chi connectivity index (χ4n) is 2.96. The van der Waals surface area contributed by atoms with E-state index in [1.807, 2.05) is 19.1 Å². The maximum Gasteiger partial charge on any atom is 0.332 e. The zero-order chi connectivity index (χ0) is 19.7. The second-order valence-corrected chi connectivity index (χ2v) is 6.30. The third-order valence-electron chi connectivity index (χ3n) is 4.40. The third-order valence-corrected chi connectivity index (χ3v) is 4.40. The van der Waals surface area contributed by atoms with Crippen molar-refractivity contribution in [3.05, 3.63) is 56.9 Å². The van der Waals surface area contributed by atoms with Gasteiger partial charge in [-0.2, -0.15) is 0 Å². The minimum absolute atomic E-state index is 0.145. The van der Waals surface area contributed by atoms with Gasteiger partial charge in [0.25, 0.3) is 5.56 Å². The number of carbonyl (C=O) groups is 1. The van der Waals surface area contributed by atoms with Crippen molar-refractivity contribution in [2.24, 2.45) is 14.1 Å². The number of aromatic nitrogens is 3. The van der Waals surface area contributed by atoms with Crippen molar-refractivity contribution >= 4 is 34.0 Å². The van der Waals surface area contributed by atoms with Gasteiger partial charge in [-0.25, -0.2) is 9.78 Å². The number of hydrogen-bond donors (Lipinski definition) is 2. The van der Waals surface area contributed by atoms with Gasteiger partial charge in [0.05, 0.1) is 5.69 Å². The van der Waals surface area contributed by atoms with Gasteiger partial charge in [-0.3, -0.25) is 18.7 Å². The molecule has 0 saturated carbocycles. The van der Waals surface area contributed by atoms with E-state index in [1.54, 1.807) is 25.4 Å². The Morgan fingerprint density at radius 3 is 2.30 bits per heavy atom. The summed E-state index contributed by atoms with van der Waals surface area (Å²) in [5.74, 6) is -0.145. The van der Waals surface area contributed by atoms with Gasteiger partial charge >= 0.3 is 5.69 Å². The van der Waals surface area contributed by atoms with Crippen molar-refractivity contribution in [3.63, 3.8) is 0 Å². The average Bonchev–Trinajstić information content (AvgIpc) is 2.65.